The molecule has 0 aliphatic rings. The lowest BCUT2D eigenvalue weighted by atomic mass is 9.93. The highest BCUT2D eigenvalue weighted by Gasteiger charge is 2.27. The van der Waals surface area contributed by atoms with Crippen LogP contribution in [0, 0.1) is 0 Å². The van der Waals surface area contributed by atoms with Crippen molar-refractivity contribution in [3.8, 4) is 17.1 Å². The molecule has 0 spiro atoms. The maximum absolute atomic E-state index is 6.85. The molecule has 0 radical (unpaired) electrons. The monoisotopic (exact) mass is 727 g/mol. The molecular formula is C53H33N3O. The summed E-state index contributed by atoms with van der Waals surface area (Å²) in [6, 6.07) is 71.6. The fourth-order valence-electron chi connectivity index (χ4n) is 9.09. The fraction of sp³-hybridized carbons (Fsp3) is 0. The Bertz CT molecular complexity index is 3490. The number of anilines is 3. The predicted octanol–water partition coefficient (Wildman–Crippen LogP) is 14.7. The van der Waals surface area contributed by atoms with Crippen LogP contribution in [0.2, 0.25) is 0 Å². The number of hydrogen-bond donors (Lipinski definition) is 0. The highest BCUT2D eigenvalue weighted by molar-refractivity contribution is 6.27. The Morgan fingerprint density at radius 1 is 0.439 bits per heavy atom. The van der Waals surface area contributed by atoms with Gasteiger partial charge in [0.25, 0.3) is 0 Å². The van der Waals surface area contributed by atoms with Crippen LogP contribution in [0.25, 0.3) is 93.1 Å². The van der Waals surface area contributed by atoms with Crippen molar-refractivity contribution in [3.05, 3.63) is 200 Å². The van der Waals surface area contributed by atoms with Gasteiger partial charge in [-0.15, -0.1) is 0 Å². The molecule has 0 aliphatic carbocycles. The van der Waals surface area contributed by atoms with Crippen LogP contribution in [0.4, 0.5) is 17.1 Å². The van der Waals surface area contributed by atoms with Gasteiger partial charge in [-0.25, -0.2) is 4.98 Å². The molecule has 0 N–H and O–H groups in total. The molecule has 12 aromatic rings. The van der Waals surface area contributed by atoms with Crippen molar-refractivity contribution >= 4 is 93.1 Å². The first-order valence-electron chi connectivity index (χ1n) is 19.4. The van der Waals surface area contributed by atoms with E-state index in [0.717, 1.165) is 66.6 Å². The van der Waals surface area contributed by atoms with E-state index in [-0.39, 0.29) is 0 Å². The summed E-state index contributed by atoms with van der Waals surface area (Å²) in [6.45, 7) is 0. The first kappa shape index (κ1) is 31.6. The zero-order valence-electron chi connectivity index (χ0n) is 30.8. The summed E-state index contributed by atoms with van der Waals surface area (Å²) < 4.78 is 9.26. The molecule has 57 heavy (non-hydrogen) atoms. The van der Waals surface area contributed by atoms with Crippen LogP contribution in [0.3, 0.4) is 0 Å². The van der Waals surface area contributed by atoms with E-state index < -0.39 is 0 Å². The van der Waals surface area contributed by atoms with Crippen molar-refractivity contribution in [1.82, 2.24) is 9.55 Å². The summed E-state index contributed by atoms with van der Waals surface area (Å²) in [5.41, 5.74) is 8.90. The third-order valence-corrected chi connectivity index (χ3v) is 11.5. The molecule has 4 heteroatoms. The summed E-state index contributed by atoms with van der Waals surface area (Å²) in [4.78, 5) is 7.49. The largest absolute Gasteiger partial charge is 0.434 e. The summed E-state index contributed by atoms with van der Waals surface area (Å²) in [6.07, 6.45) is 0. The smallest absolute Gasteiger partial charge is 0.227 e. The van der Waals surface area contributed by atoms with Gasteiger partial charge in [-0.1, -0.05) is 140 Å². The molecule has 12 rings (SSSR count). The molecule has 0 amide bonds. The van der Waals surface area contributed by atoms with Crippen molar-refractivity contribution in [1.29, 1.82) is 0 Å². The zero-order chi connectivity index (χ0) is 37.5. The van der Waals surface area contributed by atoms with Gasteiger partial charge in [0.1, 0.15) is 5.52 Å². The number of nitrogens with zero attached hydrogens (tertiary/aromatic N) is 3. The van der Waals surface area contributed by atoms with Gasteiger partial charge < -0.3 is 13.9 Å². The number of hydrogen-bond acceptors (Lipinski definition) is 3. The molecule has 0 aliphatic heterocycles. The van der Waals surface area contributed by atoms with E-state index >= 15 is 0 Å². The molecule has 10 aromatic carbocycles. The molecule has 0 saturated carbocycles. The molecule has 0 fully saturated rings. The Labute approximate surface area is 328 Å². The SMILES string of the molecule is c1ccc(-c2nc3cccc(N(c4ccc5c6ccccc6c6ccccc6c5c4)c4c5ccccc5cc5c4c4ccccc4n5-c4ccccc4)c3o2)cc1. The minimum Gasteiger partial charge on any atom is -0.434 e. The van der Waals surface area contributed by atoms with Crippen LogP contribution < -0.4 is 4.90 Å². The van der Waals surface area contributed by atoms with E-state index in [1.54, 1.807) is 0 Å². The van der Waals surface area contributed by atoms with E-state index in [4.69, 9.17) is 9.40 Å². The molecule has 266 valence electrons. The average Bonchev–Trinajstić information content (AvgIpc) is 3.87. The van der Waals surface area contributed by atoms with Gasteiger partial charge in [-0.3, -0.25) is 0 Å². The standard InChI is InChI=1S/C53H33N3O/c1-3-16-34(17-4-1)53-54-46-27-15-29-48(52(46)57-53)56(37-30-31-43-41-24-10-9-22-39(41)40-23-11-12-25-42(40)45(43)33-37)51-38-21-8-7-18-35(38)32-49-50(51)44-26-13-14-28-47(44)55(49)36-19-5-2-6-20-36/h1-33H. The Morgan fingerprint density at radius 3 is 1.77 bits per heavy atom. The third-order valence-electron chi connectivity index (χ3n) is 11.5. The maximum atomic E-state index is 6.85. The molecule has 0 saturated heterocycles. The lowest BCUT2D eigenvalue weighted by Crippen LogP contribution is -2.11. The number of rotatable bonds is 5. The van der Waals surface area contributed by atoms with Gasteiger partial charge in [-0.05, 0) is 98.4 Å². The van der Waals surface area contributed by atoms with Crippen molar-refractivity contribution < 1.29 is 4.42 Å². The molecule has 0 atom stereocenters. The lowest BCUT2D eigenvalue weighted by Gasteiger charge is -2.28. The van der Waals surface area contributed by atoms with Gasteiger partial charge in [0.05, 0.1) is 22.4 Å². The number of para-hydroxylation sites is 3. The number of oxazole rings is 1. The molecule has 2 heterocycles. The molecular weight excluding hydrogens is 695 g/mol. The minimum absolute atomic E-state index is 0.595. The third kappa shape index (κ3) is 4.77. The van der Waals surface area contributed by atoms with E-state index in [1.807, 2.05) is 36.4 Å². The van der Waals surface area contributed by atoms with Crippen molar-refractivity contribution in [2.45, 2.75) is 0 Å². The number of fused-ring (bicyclic) bond motifs is 11. The Kier molecular flexibility index (Phi) is 6.89. The Balaban J connectivity index is 1.26. The summed E-state index contributed by atoms with van der Waals surface area (Å²) in [5, 5.41) is 12.0. The minimum atomic E-state index is 0.595. The maximum Gasteiger partial charge on any atom is 0.227 e. The Morgan fingerprint density at radius 2 is 1.04 bits per heavy atom. The van der Waals surface area contributed by atoms with Gasteiger partial charge in [-0.2, -0.15) is 0 Å². The van der Waals surface area contributed by atoms with Crippen molar-refractivity contribution in [2.24, 2.45) is 0 Å². The second-order valence-corrected chi connectivity index (χ2v) is 14.7. The van der Waals surface area contributed by atoms with Gasteiger partial charge in [0.15, 0.2) is 5.58 Å². The summed E-state index contributed by atoms with van der Waals surface area (Å²) >= 11 is 0. The van der Waals surface area contributed by atoms with Crippen LogP contribution >= 0.6 is 0 Å². The average molecular weight is 728 g/mol. The second kappa shape index (κ2) is 12.4. The molecule has 0 unspecified atom stereocenters. The summed E-state index contributed by atoms with van der Waals surface area (Å²) in [7, 11) is 0. The number of aromatic nitrogens is 2. The topological polar surface area (TPSA) is 34.2 Å². The molecule has 0 bridgehead atoms. The summed E-state index contributed by atoms with van der Waals surface area (Å²) in [5.74, 6) is 0.595. The van der Waals surface area contributed by atoms with E-state index in [9.17, 15) is 0 Å². The lowest BCUT2D eigenvalue weighted by molar-refractivity contribution is 0.620. The zero-order valence-corrected chi connectivity index (χ0v) is 30.8. The quantitative estimate of drug-likeness (QED) is 0.166. The Hall–Kier alpha value is -7.69. The molecule has 4 nitrogen and oxygen atoms in total. The second-order valence-electron chi connectivity index (χ2n) is 14.7. The highest BCUT2D eigenvalue weighted by Crippen LogP contribution is 2.50. The number of benzene rings is 10. The normalized spacial score (nSPS) is 11.9. The van der Waals surface area contributed by atoms with Gasteiger partial charge >= 0.3 is 0 Å². The van der Waals surface area contributed by atoms with Crippen LogP contribution in [-0.2, 0) is 0 Å². The highest BCUT2D eigenvalue weighted by atomic mass is 16.3. The predicted molar refractivity (Wildman–Crippen MR) is 238 cm³/mol. The van der Waals surface area contributed by atoms with Gasteiger partial charge in [0, 0.05) is 33.1 Å². The first-order chi connectivity index (χ1) is 28.3. The van der Waals surface area contributed by atoms with Crippen molar-refractivity contribution in [3.63, 3.8) is 0 Å². The van der Waals surface area contributed by atoms with Crippen LogP contribution in [0.1, 0.15) is 0 Å². The first-order valence-corrected chi connectivity index (χ1v) is 19.4. The fourth-order valence-corrected chi connectivity index (χ4v) is 9.09. The van der Waals surface area contributed by atoms with E-state index in [0.29, 0.717) is 5.89 Å². The van der Waals surface area contributed by atoms with Crippen LogP contribution in [0.5, 0.6) is 0 Å². The van der Waals surface area contributed by atoms with E-state index in [2.05, 4.69) is 173 Å². The van der Waals surface area contributed by atoms with E-state index in [1.165, 1.54) is 37.7 Å². The van der Waals surface area contributed by atoms with Crippen LogP contribution in [0.15, 0.2) is 205 Å². The van der Waals surface area contributed by atoms with Crippen molar-refractivity contribution in [2.75, 3.05) is 4.90 Å². The molecule has 2 aromatic heterocycles. The van der Waals surface area contributed by atoms with Crippen LogP contribution in [-0.4, -0.2) is 9.55 Å². The van der Waals surface area contributed by atoms with Gasteiger partial charge in [0.2, 0.25) is 5.89 Å².